The molecule has 2 aromatic carbocycles. The van der Waals surface area contributed by atoms with Crippen molar-refractivity contribution in [1.29, 1.82) is 0 Å². The molecule has 0 fully saturated rings. The lowest BCUT2D eigenvalue weighted by atomic mass is 10.1. The molecular formula is C22H25N6O2P. The Hall–Kier alpha value is -3.38. The van der Waals surface area contributed by atoms with Gasteiger partial charge < -0.3 is 20.6 Å². The van der Waals surface area contributed by atoms with E-state index in [1.54, 1.807) is 13.3 Å². The average Bonchev–Trinajstić information content (AvgIpc) is 3.02. The molecule has 160 valence electrons. The highest BCUT2D eigenvalue weighted by Crippen LogP contribution is 2.40. The van der Waals surface area contributed by atoms with Gasteiger partial charge in [-0.15, -0.1) is 0 Å². The Balaban J connectivity index is 1.64. The van der Waals surface area contributed by atoms with Gasteiger partial charge in [0.25, 0.3) is 0 Å². The Morgan fingerprint density at radius 1 is 1.03 bits per heavy atom. The van der Waals surface area contributed by atoms with E-state index in [9.17, 15) is 9.36 Å². The standard InChI is InChI=1S/C22H25N6O2P/c1-31(2,30)14-17-10-6-9-16(11-17)13-28-20-18(25-22(28)29)19(23)26-21(27-20)24-12-15-7-4-3-5-8-15/h3-11H,12-14H2,1-2H3,(H,25,29)(H3,23,24,26,27). The predicted octanol–water partition coefficient (Wildman–Crippen LogP) is 3.48. The highest BCUT2D eigenvalue weighted by atomic mass is 31.2. The van der Waals surface area contributed by atoms with Crippen molar-refractivity contribution in [1.82, 2.24) is 19.5 Å². The van der Waals surface area contributed by atoms with Crippen LogP contribution in [0.15, 0.2) is 59.4 Å². The van der Waals surface area contributed by atoms with Gasteiger partial charge in [0.15, 0.2) is 11.5 Å². The second-order valence-electron chi connectivity index (χ2n) is 8.04. The third-order valence-electron chi connectivity index (χ3n) is 4.84. The Morgan fingerprint density at radius 3 is 2.48 bits per heavy atom. The van der Waals surface area contributed by atoms with Gasteiger partial charge >= 0.3 is 5.69 Å². The maximum absolute atomic E-state index is 12.6. The SMILES string of the molecule is CP(C)(=O)Cc1cccc(Cn2c(=O)[nH]c3c(N)nc(NCc4ccccc4)nc32)c1. The molecule has 0 radical (unpaired) electrons. The van der Waals surface area contributed by atoms with E-state index in [1.165, 1.54) is 4.57 Å². The van der Waals surface area contributed by atoms with Crippen LogP contribution >= 0.6 is 7.14 Å². The summed E-state index contributed by atoms with van der Waals surface area (Å²) in [5.74, 6) is 0.566. The molecule has 4 N–H and O–H groups in total. The molecule has 2 heterocycles. The van der Waals surface area contributed by atoms with E-state index in [1.807, 2.05) is 54.6 Å². The maximum atomic E-state index is 12.6. The first kappa shape index (κ1) is 20.9. The number of imidazole rings is 1. The van der Waals surface area contributed by atoms with Gasteiger partial charge in [0, 0.05) is 12.7 Å². The molecule has 8 nitrogen and oxygen atoms in total. The topological polar surface area (TPSA) is 119 Å². The van der Waals surface area contributed by atoms with Crippen molar-refractivity contribution < 1.29 is 4.57 Å². The molecule has 0 aliphatic carbocycles. The van der Waals surface area contributed by atoms with Crippen LogP contribution in [0, 0.1) is 0 Å². The summed E-state index contributed by atoms with van der Waals surface area (Å²) in [7, 11) is -2.19. The number of nitrogen functional groups attached to an aromatic ring is 1. The molecular weight excluding hydrogens is 411 g/mol. The number of hydrogen-bond acceptors (Lipinski definition) is 6. The van der Waals surface area contributed by atoms with Crippen molar-refractivity contribution in [3.63, 3.8) is 0 Å². The summed E-state index contributed by atoms with van der Waals surface area (Å²) in [5.41, 5.74) is 9.62. The molecule has 4 rings (SSSR count). The molecule has 0 saturated heterocycles. The molecule has 0 aliphatic heterocycles. The summed E-state index contributed by atoms with van der Waals surface area (Å²) in [6.45, 7) is 4.40. The zero-order valence-electron chi connectivity index (χ0n) is 17.5. The molecule has 4 aromatic rings. The Labute approximate surface area is 179 Å². The quantitative estimate of drug-likeness (QED) is 0.382. The van der Waals surface area contributed by atoms with Crippen LogP contribution in [0.4, 0.5) is 11.8 Å². The van der Waals surface area contributed by atoms with Crippen molar-refractivity contribution in [3.8, 4) is 0 Å². The van der Waals surface area contributed by atoms with Crippen LogP contribution in [-0.2, 0) is 23.8 Å². The fourth-order valence-electron chi connectivity index (χ4n) is 3.50. The number of fused-ring (bicyclic) bond motifs is 1. The monoisotopic (exact) mass is 436 g/mol. The zero-order valence-corrected chi connectivity index (χ0v) is 18.4. The number of aromatic amines is 1. The summed E-state index contributed by atoms with van der Waals surface area (Å²) in [6, 6.07) is 17.7. The van der Waals surface area contributed by atoms with Crippen molar-refractivity contribution in [2.75, 3.05) is 24.4 Å². The molecule has 2 aromatic heterocycles. The number of nitrogens with one attached hydrogen (secondary N) is 2. The average molecular weight is 436 g/mol. The summed E-state index contributed by atoms with van der Waals surface area (Å²) in [5, 5.41) is 3.17. The minimum atomic E-state index is -2.19. The number of H-pyrrole nitrogens is 1. The van der Waals surface area contributed by atoms with Crippen LogP contribution in [0.5, 0.6) is 0 Å². The van der Waals surface area contributed by atoms with Gasteiger partial charge in [-0.1, -0.05) is 54.6 Å². The fourth-order valence-corrected chi connectivity index (χ4v) is 4.58. The van der Waals surface area contributed by atoms with Crippen LogP contribution in [0.3, 0.4) is 0 Å². The number of rotatable bonds is 7. The van der Waals surface area contributed by atoms with Gasteiger partial charge in [0.2, 0.25) is 5.95 Å². The van der Waals surface area contributed by atoms with Crippen molar-refractivity contribution in [2.45, 2.75) is 19.3 Å². The Kier molecular flexibility index (Phi) is 5.65. The van der Waals surface area contributed by atoms with E-state index in [2.05, 4.69) is 20.3 Å². The molecule has 0 amide bonds. The Morgan fingerprint density at radius 2 is 1.74 bits per heavy atom. The number of anilines is 2. The van der Waals surface area contributed by atoms with Gasteiger partial charge in [0.05, 0.1) is 13.7 Å². The normalized spacial score (nSPS) is 11.7. The molecule has 0 saturated carbocycles. The first-order valence-corrected chi connectivity index (χ1v) is 12.7. The highest BCUT2D eigenvalue weighted by Gasteiger charge is 2.15. The minimum absolute atomic E-state index is 0.211. The summed E-state index contributed by atoms with van der Waals surface area (Å²) < 4.78 is 13.7. The molecule has 0 atom stereocenters. The summed E-state index contributed by atoms with van der Waals surface area (Å²) in [4.78, 5) is 24.2. The number of nitrogens with two attached hydrogens (primary N) is 1. The van der Waals surface area contributed by atoms with Crippen LogP contribution in [0.25, 0.3) is 11.2 Å². The van der Waals surface area contributed by atoms with Gasteiger partial charge in [0.1, 0.15) is 5.52 Å². The van der Waals surface area contributed by atoms with Crippen molar-refractivity contribution >= 4 is 30.1 Å². The first-order valence-electron chi connectivity index (χ1n) is 9.94. The highest BCUT2D eigenvalue weighted by molar-refractivity contribution is 7.61. The number of benzene rings is 2. The van der Waals surface area contributed by atoms with Gasteiger partial charge in [-0.2, -0.15) is 9.97 Å². The number of nitrogens with zero attached hydrogens (tertiary/aromatic N) is 3. The fraction of sp³-hybridized carbons (Fsp3) is 0.227. The molecule has 0 aliphatic rings. The van der Waals surface area contributed by atoms with Crippen LogP contribution in [-0.4, -0.2) is 32.8 Å². The van der Waals surface area contributed by atoms with Crippen molar-refractivity contribution in [2.24, 2.45) is 0 Å². The van der Waals surface area contributed by atoms with E-state index in [-0.39, 0.29) is 11.5 Å². The first-order chi connectivity index (χ1) is 14.8. The lowest BCUT2D eigenvalue weighted by molar-refractivity contribution is 0.582. The van der Waals surface area contributed by atoms with Crippen LogP contribution in [0.2, 0.25) is 0 Å². The lowest BCUT2D eigenvalue weighted by Crippen LogP contribution is -2.18. The largest absolute Gasteiger partial charge is 0.382 e. The second kappa shape index (κ2) is 8.40. The lowest BCUT2D eigenvalue weighted by Gasteiger charge is -2.10. The third-order valence-corrected chi connectivity index (χ3v) is 5.97. The summed E-state index contributed by atoms with van der Waals surface area (Å²) >= 11 is 0. The summed E-state index contributed by atoms with van der Waals surface area (Å²) in [6.07, 6.45) is 0.520. The predicted molar refractivity (Wildman–Crippen MR) is 125 cm³/mol. The van der Waals surface area contributed by atoms with Gasteiger partial charge in [-0.25, -0.2) is 4.79 Å². The smallest absolute Gasteiger partial charge is 0.328 e. The van der Waals surface area contributed by atoms with E-state index >= 15 is 0 Å². The van der Waals surface area contributed by atoms with E-state index in [0.717, 1.165) is 16.7 Å². The van der Waals surface area contributed by atoms with E-state index in [0.29, 0.717) is 36.4 Å². The van der Waals surface area contributed by atoms with E-state index in [4.69, 9.17) is 5.73 Å². The molecule has 31 heavy (non-hydrogen) atoms. The van der Waals surface area contributed by atoms with Gasteiger partial charge in [-0.05, 0) is 30.0 Å². The number of hydrogen-bond donors (Lipinski definition) is 3. The minimum Gasteiger partial charge on any atom is -0.382 e. The Bertz CT molecular complexity index is 1320. The second-order valence-corrected chi connectivity index (χ2v) is 11.5. The van der Waals surface area contributed by atoms with E-state index < -0.39 is 7.14 Å². The maximum Gasteiger partial charge on any atom is 0.328 e. The molecule has 0 bridgehead atoms. The van der Waals surface area contributed by atoms with Crippen LogP contribution < -0.4 is 16.7 Å². The molecule has 0 unspecified atom stereocenters. The molecule has 0 spiro atoms. The third kappa shape index (κ3) is 5.03. The molecule has 9 heteroatoms. The van der Waals surface area contributed by atoms with Gasteiger partial charge in [-0.3, -0.25) is 4.57 Å². The van der Waals surface area contributed by atoms with Crippen LogP contribution in [0.1, 0.15) is 16.7 Å². The van der Waals surface area contributed by atoms with Crippen molar-refractivity contribution in [3.05, 3.63) is 81.8 Å². The zero-order chi connectivity index (χ0) is 22.0. The number of aromatic nitrogens is 4.